The lowest BCUT2D eigenvalue weighted by molar-refractivity contribution is -0.138. The summed E-state index contributed by atoms with van der Waals surface area (Å²) >= 11 is 0. The zero-order valence-corrected chi connectivity index (χ0v) is 14.4. The molecule has 8 nitrogen and oxygen atoms in total. The van der Waals surface area contributed by atoms with Crippen molar-refractivity contribution in [2.75, 3.05) is 11.5 Å². The summed E-state index contributed by atoms with van der Waals surface area (Å²) in [6.45, 7) is 1.49. The molecule has 0 fully saturated rings. The third-order valence-corrected chi connectivity index (χ3v) is 5.32. The molecule has 1 aromatic carbocycles. The zero-order valence-electron chi connectivity index (χ0n) is 12.7. The summed E-state index contributed by atoms with van der Waals surface area (Å²) in [5.74, 6) is -2.47. The number of phenols is 2. The van der Waals surface area contributed by atoms with Gasteiger partial charge in [-0.1, -0.05) is 27.7 Å². The fourth-order valence-electron chi connectivity index (χ4n) is 1.67. The summed E-state index contributed by atoms with van der Waals surface area (Å²) in [6.07, 6.45) is 0. The highest BCUT2D eigenvalue weighted by Crippen LogP contribution is 2.28. The van der Waals surface area contributed by atoms with Gasteiger partial charge in [0, 0.05) is 17.2 Å². The van der Waals surface area contributed by atoms with Crippen LogP contribution in [0.3, 0.4) is 0 Å². The van der Waals surface area contributed by atoms with Gasteiger partial charge in [-0.25, -0.2) is 4.79 Å². The molecule has 1 rings (SSSR count). The molecule has 0 saturated heterocycles. The first-order valence-corrected chi connectivity index (χ1v) is 9.24. The van der Waals surface area contributed by atoms with E-state index in [2.05, 4.69) is 4.99 Å². The summed E-state index contributed by atoms with van der Waals surface area (Å²) in [5, 5.41) is 37.4. The average molecular weight is 374 g/mol. The van der Waals surface area contributed by atoms with E-state index in [0.29, 0.717) is 0 Å². The number of rotatable bonds is 9. The van der Waals surface area contributed by atoms with Gasteiger partial charge >= 0.3 is 11.9 Å². The van der Waals surface area contributed by atoms with E-state index in [-0.39, 0.29) is 34.3 Å². The molecular formula is C14H18N2O6S2. The van der Waals surface area contributed by atoms with Gasteiger partial charge in [-0.3, -0.25) is 9.79 Å². The van der Waals surface area contributed by atoms with Crippen LogP contribution in [0.15, 0.2) is 23.2 Å². The van der Waals surface area contributed by atoms with Gasteiger partial charge in [-0.2, -0.15) is 0 Å². The fourth-order valence-corrected chi connectivity index (χ4v) is 3.90. The summed E-state index contributed by atoms with van der Waals surface area (Å²) in [6, 6.07) is 2.05. The lowest BCUT2D eigenvalue weighted by atomic mass is 10.1. The van der Waals surface area contributed by atoms with Crippen molar-refractivity contribution in [3.8, 4) is 11.5 Å². The van der Waals surface area contributed by atoms with E-state index in [0.717, 1.165) is 21.6 Å². The number of nitrogens with two attached hydrogens (primary N) is 1. The number of nitrogens with zero attached hydrogens (tertiary/aromatic N) is 1. The minimum Gasteiger partial charge on any atom is -0.507 e. The van der Waals surface area contributed by atoms with Gasteiger partial charge in [0.2, 0.25) is 0 Å². The SMILES string of the molecule is C/C(=N\C(CSSCC(N)C(=O)O)C(=O)O)c1c(O)cccc1O. The lowest BCUT2D eigenvalue weighted by Gasteiger charge is -2.11. The standard InChI is InChI=1S/C14H18N2O6S2/c1-7(12-10(17)3-2-4-11(12)18)16-9(14(21)22)6-24-23-5-8(15)13(19)20/h2-4,8-9,17-18H,5-6,15H2,1H3,(H,19,20)(H,21,22)/b16-7+. The van der Waals surface area contributed by atoms with Gasteiger partial charge in [-0.05, 0) is 19.1 Å². The highest BCUT2D eigenvalue weighted by atomic mass is 33.1. The number of phenolic OH excluding ortho intramolecular Hbond substituents is 2. The Kier molecular flexibility index (Phi) is 7.89. The molecular weight excluding hydrogens is 356 g/mol. The second-order valence-electron chi connectivity index (χ2n) is 4.75. The van der Waals surface area contributed by atoms with Crippen molar-refractivity contribution in [2.45, 2.75) is 19.0 Å². The molecule has 0 heterocycles. The van der Waals surface area contributed by atoms with Crippen molar-refractivity contribution in [1.29, 1.82) is 0 Å². The Labute approximate surface area is 146 Å². The summed E-state index contributed by atoms with van der Waals surface area (Å²) < 4.78 is 0. The molecule has 0 aliphatic rings. The van der Waals surface area contributed by atoms with Crippen LogP contribution >= 0.6 is 21.6 Å². The minimum absolute atomic E-state index is 0.0781. The normalized spacial score (nSPS) is 14.2. The maximum Gasteiger partial charge on any atom is 0.329 e. The number of aromatic hydroxyl groups is 2. The molecule has 0 aliphatic heterocycles. The molecule has 0 aromatic heterocycles. The van der Waals surface area contributed by atoms with Crippen molar-refractivity contribution < 1.29 is 30.0 Å². The van der Waals surface area contributed by atoms with E-state index in [1.54, 1.807) is 0 Å². The predicted molar refractivity (Wildman–Crippen MR) is 93.9 cm³/mol. The molecule has 0 amide bonds. The molecule has 2 atom stereocenters. The molecule has 1 aromatic rings. The molecule has 0 aliphatic carbocycles. The molecule has 132 valence electrons. The fraction of sp³-hybridized carbons (Fsp3) is 0.357. The Bertz CT molecular complexity index is 617. The molecule has 0 saturated carbocycles. The van der Waals surface area contributed by atoms with Crippen LogP contribution in [0.4, 0.5) is 0 Å². The number of carboxylic acids is 2. The Balaban J connectivity index is 2.75. The third kappa shape index (κ3) is 5.95. The van der Waals surface area contributed by atoms with E-state index in [1.165, 1.54) is 25.1 Å². The van der Waals surface area contributed by atoms with Crippen LogP contribution in [-0.2, 0) is 9.59 Å². The first-order valence-electron chi connectivity index (χ1n) is 6.75. The number of carboxylic acid groups (broad SMARTS) is 2. The minimum atomic E-state index is -1.17. The number of hydrogen-bond acceptors (Lipinski definition) is 8. The summed E-state index contributed by atoms with van der Waals surface area (Å²) in [7, 11) is 2.29. The van der Waals surface area contributed by atoms with Crippen LogP contribution in [-0.4, -0.2) is 61.7 Å². The first kappa shape index (κ1) is 20.1. The molecule has 0 bridgehead atoms. The van der Waals surface area contributed by atoms with Crippen molar-refractivity contribution in [3.05, 3.63) is 23.8 Å². The molecule has 10 heteroatoms. The summed E-state index contributed by atoms with van der Waals surface area (Å²) in [5.41, 5.74) is 5.61. The Morgan fingerprint density at radius 2 is 1.67 bits per heavy atom. The van der Waals surface area contributed by atoms with Crippen LogP contribution in [0.1, 0.15) is 12.5 Å². The summed E-state index contributed by atoms with van der Waals surface area (Å²) in [4.78, 5) is 25.9. The topological polar surface area (TPSA) is 153 Å². The van der Waals surface area contributed by atoms with Crippen molar-refractivity contribution in [2.24, 2.45) is 10.7 Å². The van der Waals surface area contributed by atoms with Crippen LogP contribution in [0.5, 0.6) is 11.5 Å². The van der Waals surface area contributed by atoms with Gasteiger partial charge in [-0.15, -0.1) is 0 Å². The first-order chi connectivity index (χ1) is 11.2. The number of aliphatic carboxylic acids is 2. The monoisotopic (exact) mass is 374 g/mol. The smallest absolute Gasteiger partial charge is 0.329 e. The Morgan fingerprint density at radius 1 is 1.12 bits per heavy atom. The van der Waals surface area contributed by atoms with Gasteiger partial charge in [0.25, 0.3) is 0 Å². The molecule has 6 N–H and O–H groups in total. The number of benzene rings is 1. The van der Waals surface area contributed by atoms with Gasteiger partial charge < -0.3 is 26.2 Å². The van der Waals surface area contributed by atoms with Crippen molar-refractivity contribution in [3.63, 3.8) is 0 Å². The Morgan fingerprint density at radius 3 is 2.17 bits per heavy atom. The molecule has 0 radical (unpaired) electrons. The lowest BCUT2D eigenvalue weighted by Crippen LogP contribution is -2.32. The van der Waals surface area contributed by atoms with E-state index < -0.39 is 24.0 Å². The van der Waals surface area contributed by atoms with Crippen LogP contribution in [0, 0.1) is 0 Å². The average Bonchev–Trinajstić information content (AvgIpc) is 2.49. The number of hydrogen-bond donors (Lipinski definition) is 5. The largest absolute Gasteiger partial charge is 0.507 e. The highest BCUT2D eigenvalue weighted by Gasteiger charge is 2.20. The molecule has 2 unspecified atom stereocenters. The molecule has 0 spiro atoms. The number of carbonyl (C=O) groups is 2. The zero-order chi connectivity index (χ0) is 18.3. The predicted octanol–water partition coefficient (Wildman–Crippen LogP) is 1.15. The van der Waals surface area contributed by atoms with Crippen molar-refractivity contribution in [1.82, 2.24) is 0 Å². The second kappa shape index (κ2) is 9.40. The Hall–Kier alpha value is -1.91. The quantitative estimate of drug-likeness (QED) is 0.243. The van der Waals surface area contributed by atoms with Crippen LogP contribution < -0.4 is 5.73 Å². The van der Waals surface area contributed by atoms with Gasteiger partial charge in [0.15, 0.2) is 6.04 Å². The van der Waals surface area contributed by atoms with Crippen LogP contribution in [0.25, 0.3) is 0 Å². The van der Waals surface area contributed by atoms with Crippen molar-refractivity contribution >= 4 is 39.2 Å². The van der Waals surface area contributed by atoms with Gasteiger partial charge in [0.05, 0.1) is 5.56 Å². The maximum atomic E-state index is 11.3. The van der Waals surface area contributed by atoms with E-state index in [9.17, 15) is 24.9 Å². The van der Waals surface area contributed by atoms with E-state index in [1.807, 2.05) is 0 Å². The highest BCUT2D eigenvalue weighted by molar-refractivity contribution is 8.76. The van der Waals surface area contributed by atoms with E-state index in [4.69, 9.17) is 10.8 Å². The van der Waals surface area contributed by atoms with E-state index >= 15 is 0 Å². The van der Waals surface area contributed by atoms with Crippen LogP contribution in [0.2, 0.25) is 0 Å². The third-order valence-electron chi connectivity index (χ3n) is 2.89. The molecule has 24 heavy (non-hydrogen) atoms. The van der Waals surface area contributed by atoms with Gasteiger partial charge in [0.1, 0.15) is 17.5 Å². The number of aliphatic imine (C=N–C) groups is 1. The maximum absolute atomic E-state index is 11.3. The second-order valence-corrected chi connectivity index (χ2v) is 7.31.